The molecule has 0 unspecified atom stereocenters. The van der Waals surface area contributed by atoms with Crippen LogP contribution in [-0.2, 0) is 19.6 Å². The predicted molar refractivity (Wildman–Crippen MR) is 136 cm³/mol. The van der Waals surface area contributed by atoms with Crippen molar-refractivity contribution in [1.82, 2.24) is 9.80 Å². The highest BCUT2D eigenvalue weighted by Gasteiger charge is 2.38. The zero-order chi connectivity index (χ0) is 28.7. The minimum absolute atomic E-state index is 0.0373. The molecule has 1 aromatic carbocycles. The number of carboxylic acid groups (broad SMARTS) is 1. The van der Waals surface area contributed by atoms with Crippen LogP contribution in [0.25, 0.3) is 0 Å². The molecule has 3 N–H and O–H groups in total. The monoisotopic (exact) mass is 621 g/mol. The lowest BCUT2D eigenvalue weighted by Gasteiger charge is -2.32. The van der Waals surface area contributed by atoms with Gasteiger partial charge in [0.25, 0.3) is 10.0 Å². The third-order valence-electron chi connectivity index (χ3n) is 5.05. The molecule has 10 nitrogen and oxygen atoms in total. The number of piperazine rings is 1. The van der Waals surface area contributed by atoms with Crippen LogP contribution in [-0.4, -0.2) is 92.9 Å². The highest BCUT2D eigenvalue weighted by atomic mass is 35.5. The molecule has 212 valence electrons. The number of phenolic OH excluding ortho intramolecular Hbond substituents is 1. The minimum Gasteiger partial charge on any atom is -0.507 e. The van der Waals surface area contributed by atoms with Gasteiger partial charge in [0.1, 0.15) is 19.9 Å². The van der Waals surface area contributed by atoms with Gasteiger partial charge < -0.3 is 24.7 Å². The Kier molecular flexibility index (Phi) is 11.5. The van der Waals surface area contributed by atoms with Gasteiger partial charge in [0.2, 0.25) is 0 Å². The number of carbonyl (C=O) groups excluding carboxylic acids is 1. The molecule has 0 saturated carbocycles. The zero-order valence-electron chi connectivity index (χ0n) is 19.8. The molecule has 2 heterocycles. The number of likely N-dealkylation sites (N-methyl/N-ethyl adjacent to an activating group) is 1. The van der Waals surface area contributed by atoms with E-state index in [1.54, 1.807) is 0 Å². The number of aliphatic carboxylic acids is 1. The summed E-state index contributed by atoms with van der Waals surface area (Å²) in [6.45, 7) is 5.11. The van der Waals surface area contributed by atoms with Crippen LogP contribution in [0, 0.1) is 0 Å². The number of thiophene rings is 1. The quantitative estimate of drug-likeness (QED) is 0.295. The molecule has 2 aromatic rings. The minimum atomic E-state index is -5.08. The summed E-state index contributed by atoms with van der Waals surface area (Å²) in [5.41, 5.74) is 0.0505. The number of hydrogen-bond donors (Lipinski definition) is 3. The second-order valence-corrected chi connectivity index (χ2v) is 11.9. The Morgan fingerprint density at radius 3 is 2.26 bits per heavy atom. The van der Waals surface area contributed by atoms with Gasteiger partial charge in [-0.1, -0.05) is 23.2 Å². The Morgan fingerprint density at radius 1 is 1.16 bits per heavy atom. The van der Waals surface area contributed by atoms with E-state index in [0.717, 1.165) is 50.1 Å². The Labute approximate surface area is 230 Å². The smallest absolute Gasteiger partial charge is 0.490 e. The predicted octanol–water partition coefficient (Wildman–Crippen LogP) is 3.99. The summed E-state index contributed by atoms with van der Waals surface area (Å²) >= 11 is 12.4. The number of halogens is 5. The van der Waals surface area contributed by atoms with Crippen molar-refractivity contribution in [3.63, 3.8) is 0 Å². The van der Waals surface area contributed by atoms with Crippen LogP contribution in [0.4, 0.5) is 18.9 Å². The summed E-state index contributed by atoms with van der Waals surface area (Å²) in [5, 5.41) is 17.4. The number of rotatable bonds is 8. The number of sulfonamides is 1. The van der Waals surface area contributed by atoms with E-state index in [1.807, 2.05) is 0 Å². The number of phenols is 1. The molecule has 1 aliphatic rings. The number of hydrogen-bond acceptors (Lipinski definition) is 9. The fourth-order valence-corrected chi connectivity index (χ4v) is 5.96. The fourth-order valence-electron chi connectivity index (χ4n) is 3.03. The van der Waals surface area contributed by atoms with Crippen molar-refractivity contribution in [2.24, 2.45) is 0 Å². The third-order valence-corrected chi connectivity index (χ3v) is 8.77. The molecule has 1 saturated heterocycles. The second-order valence-electron chi connectivity index (χ2n) is 7.96. The highest BCUT2D eigenvalue weighted by molar-refractivity contribution is 7.94. The van der Waals surface area contributed by atoms with Gasteiger partial charge in [-0.2, -0.15) is 13.2 Å². The first kappa shape index (κ1) is 31.9. The molecule has 1 fully saturated rings. The SMILES string of the molecule is CN1CCN(CCCOC(=O)c2ccc(NS(=O)(=O)c3cc(Cl)c(Cl)s3)cc2O)CC1.O=C(O)C(F)(F)F. The molecular weight excluding hydrogens is 598 g/mol. The number of esters is 1. The molecule has 17 heteroatoms. The molecule has 0 amide bonds. The van der Waals surface area contributed by atoms with E-state index in [0.29, 0.717) is 6.42 Å². The van der Waals surface area contributed by atoms with Crippen LogP contribution in [0.2, 0.25) is 9.36 Å². The van der Waals surface area contributed by atoms with Crippen molar-refractivity contribution in [2.75, 3.05) is 51.1 Å². The van der Waals surface area contributed by atoms with Crippen molar-refractivity contribution in [2.45, 2.75) is 16.8 Å². The number of carboxylic acids is 1. The van der Waals surface area contributed by atoms with E-state index >= 15 is 0 Å². The van der Waals surface area contributed by atoms with Gasteiger partial charge >= 0.3 is 18.1 Å². The van der Waals surface area contributed by atoms with Gasteiger partial charge in [-0.15, -0.1) is 11.3 Å². The maximum atomic E-state index is 12.4. The number of benzene rings is 1. The molecule has 0 bridgehead atoms. The van der Waals surface area contributed by atoms with E-state index in [2.05, 4.69) is 21.6 Å². The van der Waals surface area contributed by atoms with Gasteiger partial charge in [0.15, 0.2) is 0 Å². The van der Waals surface area contributed by atoms with Crippen molar-refractivity contribution in [3.8, 4) is 5.75 Å². The maximum Gasteiger partial charge on any atom is 0.490 e. The summed E-state index contributed by atoms with van der Waals surface area (Å²) in [5.74, 6) is -3.80. The Balaban J connectivity index is 0.000000638. The Hall–Kier alpha value is -2.30. The molecule has 1 aromatic heterocycles. The summed E-state index contributed by atoms with van der Waals surface area (Å²) in [6, 6.07) is 5.07. The van der Waals surface area contributed by atoms with Crippen molar-refractivity contribution < 1.29 is 46.1 Å². The van der Waals surface area contributed by atoms with Gasteiger partial charge in [0.05, 0.1) is 17.3 Å². The lowest BCUT2D eigenvalue weighted by molar-refractivity contribution is -0.192. The standard InChI is InChI=1S/C19H23Cl2N3O5S2.C2HF3O2/c1-23-6-8-24(9-7-23)5-2-10-29-19(26)14-4-3-13(11-16(14)25)22-31(27,28)17-12-15(20)18(21)30-17;3-2(4,5)1(6)7/h3-4,11-12,22,25H,2,5-10H2,1H3;(H,6,7). The van der Waals surface area contributed by atoms with Crippen LogP contribution >= 0.6 is 34.5 Å². The second kappa shape index (κ2) is 13.7. The first-order chi connectivity index (χ1) is 17.6. The highest BCUT2D eigenvalue weighted by Crippen LogP contribution is 2.35. The lowest BCUT2D eigenvalue weighted by atomic mass is 10.2. The van der Waals surface area contributed by atoms with Crippen LogP contribution in [0.1, 0.15) is 16.8 Å². The van der Waals surface area contributed by atoms with E-state index < -0.39 is 28.1 Å². The average molecular weight is 622 g/mol. The Bertz CT molecular complexity index is 1220. The number of nitrogens with zero attached hydrogens (tertiary/aromatic N) is 2. The summed E-state index contributed by atoms with van der Waals surface area (Å²) in [7, 11) is -1.84. The van der Waals surface area contributed by atoms with E-state index in [9.17, 15) is 31.5 Å². The molecule has 0 radical (unpaired) electrons. The molecule has 0 spiro atoms. The van der Waals surface area contributed by atoms with E-state index in [-0.39, 0.29) is 37.2 Å². The average Bonchev–Trinajstić information content (AvgIpc) is 3.16. The van der Waals surface area contributed by atoms with Crippen molar-refractivity contribution in [3.05, 3.63) is 39.2 Å². The summed E-state index contributed by atoms with van der Waals surface area (Å²) in [6.07, 6.45) is -4.39. The van der Waals surface area contributed by atoms with Crippen molar-refractivity contribution >= 4 is 62.2 Å². The fraction of sp³-hybridized carbons (Fsp3) is 0.429. The number of anilines is 1. The van der Waals surface area contributed by atoms with Crippen molar-refractivity contribution in [1.29, 1.82) is 0 Å². The number of nitrogens with one attached hydrogen (secondary N) is 1. The van der Waals surface area contributed by atoms with Gasteiger partial charge in [-0.3, -0.25) is 4.72 Å². The molecular formula is C21H24Cl2F3N3O7S2. The molecule has 1 aliphatic heterocycles. The van der Waals surface area contributed by atoms with Crippen LogP contribution in [0.15, 0.2) is 28.5 Å². The lowest BCUT2D eigenvalue weighted by Crippen LogP contribution is -2.44. The number of aromatic hydroxyl groups is 1. The summed E-state index contributed by atoms with van der Waals surface area (Å²) in [4.78, 5) is 25.7. The maximum absolute atomic E-state index is 12.4. The third kappa shape index (κ3) is 9.78. The van der Waals surface area contributed by atoms with Gasteiger partial charge in [0, 0.05) is 38.8 Å². The first-order valence-electron chi connectivity index (χ1n) is 10.8. The Morgan fingerprint density at radius 2 is 1.76 bits per heavy atom. The van der Waals surface area contributed by atoms with Gasteiger partial charge in [-0.25, -0.2) is 18.0 Å². The van der Waals surface area contributed by atoms with Crippen LogP contribution < -0.4 is 4.72 Å². The molecule has 0 atom stereocenters. The first-order valence-corrected chi connectivity index (χ1v) is 13.8. The molecule has 0 aliphatic carbocycles. The topological polar surface area (TPSA) is 136 Å². The molecule has 3 rings (SSSR count). The largest absolute Gasteiger partial charge is 0.507 e. The normalized spacial score (nSPS) is 14.9. The van der Waals surface area contributed by atoms with Crippen LogP contribution in [0.3, 0.4) is 0 Å². The summed E-state index contributed by atoms with van der Waals surface area (Å²) < 4.78 is 64.2. The number of ether oxygens (including phenoxy) is 1. The number of carbonyl (C=O) groups is 2. The van der Waals surface area contributed by atoms with E-state index in [4.69, 9.17) is 37.8 Å². The van der Waals surface area contributed by atoms with Gasteiger partial charge in [-0.05, 0) is 31.7 Å². The molecule has 38 heavy (non-hydrogen) atoms. The van der Waals surface area contributed by atoms with Crippen LogP contribution in [0.5, 0.6) is 5.75 Å². The number of alkyl halides is 3. The zero-order valence-corrected chi connectivity index (χ0v) is 22.9. The van der Waals surface area contributed by atoms with E-state index in [1.165, 1.54) is 18.2 Å².